The first kappa shape index (κ1) is 15.0. The van der Waals surface area contributed by atoms with Crippen LogP contribution in [-0.2, 0) is 19.2 Å². The number of carbonyl (C=O) groups is 4. The standard InChI is InChI=1S/C11H13IN2O4/c12-9(16)3-1-2-8(15)7(6-13)14-10(17)4-5-11(14)18/h4-5,7H,1-3,6,13H2. The number of Topliss-reactive ketones (excluding diaryl/α,β-unsaturated/α-hetero) is 1. The molecule has 6 nitrogen and oxygen atoms in total. The van der Waals surface area contributed by atoms with Gasteiger partial charge in [0.1, 0.15) is 6.04 Å². The van der Waals surface area contributed by atoms with Gasteiger partial charge in [0.15, 0.2) is 9.57 Å². The quantitative estimate of drug-likeness (QED) is 0.388. The molecule has 2 N–H and O–H groups in total. The van der Waals surface area contributed by atoms with Crippen LogP contribution in [0.4, 0.5) is 0 Å². The van der Waals surface area contributed by atoms with Crippen molar-refractivity contribution in [1.82, 2.24) is 4.90 Å². The summed E-state index contributed by atoms with van der Waals surface area (Å²) >= 11 is 1.66. The van der Waals surface area contributed by atoms with Crippen molar-refractivity contribution in [2.75, 3.05) is 6.54 Å². The van der Waals surface area contributed by atoms with E-state index in [1.807, 2.05) is 0 Å². The smallest absolute Gasteiger partial charge is 0.254 e. The third-order valence-corrected chi connectivity index (χ3v) is 3.09. The Morgan fingerprint density at radius 3 is 2.22 bits per heavy atom. The van der Waals surface area contributed by atoms with Crippen molar-refractivity contribution in [2.24, 2.45) is 5.73 Å². The number of nitrogens with two attached hydrogens (primary N) is 1. The summed E-state index contributed by atoms with van der Waals surface area (Å²) in [6.07, 6.45) is 3.07. The fourth-order valence-electron chi connectivity index (χ4n) is 1.67. The van der Waals surface area contributed by atoms with Crippen LogP contribution in [0.3, 0.4) is 0 Å². The number of nitrogens with zero attached hydrogens (tertiary/aromatic N) is 1. The largest absolute Gasteiger partial charge is 0.328 e. The molecule has 0 aromatic carbocycles. The van der Waals surface area contributed by atoms with E-state index in [4.69, 9.17) is 5.73 Å². The molecule has 0 aromatic heterocycles. The molecule has 1 aliphatic heterocycles. The van der Waals surface area contributed by atoms with E-state index >= 15 is 0 Å². The van der Waals surface area contributed by atoms with Crippen LogP contribution in [0, 0.1) is 0 Å². The van der Waals surface area contributed by atoms with Crippen molar-refractivity contribution < 1.29 is 19.2 Å². The topological polar surface area (TPSA) is 97.5 Å². The number of carbonyl (C=O) groups excluding carboxylic acids is 4. The zero-order chi connectivity index (χ0) is 13.7. The fourth-order valence-corrected chi connectivity index (χ4v) is 2.05. The van der Waals surface area contributed by atoms with Crippen molar-refractivity contribution in [2.45, 2.75) is 25.3 Å². The monoisotopic (exact) mass is 364 g/mol. The number of hydrogen-bond acceptors (Lipinski definition) is 5. The summed E-state index contributed by atoms with van der Waals surface area (Å²) in [5, 5.41) is 0. The maximum absolute atomic E-state index is 11.9. The normalized spacial score (nSPS) is 16.2. The van der Waals surface area contributed by atoms with Crippen molar-refractivity contribution in [1.29, 1.82) is 0 Å². The highest BCUT2D eigenvalue weighted by Gasteiger charge is 2.34. The van der Waals surface area contributed by atoms with Crippen LogP contribution in [0.1, 0.15) is 19.3 Å². The second-order valence-corrected chi connectivity index (χ2v) is 5.01. The number of halogens is 1. The van der Waals surface area contributed by atoms with Crippen molar-refractivity contribution in [3.63, 3.8) is 0 Å². The van der Waals surface area contributed by atoms with Gasteiger partial charge in [-0.05, 0) is 29.0 Å². The van der Waals surface area contributed by atoms with E-state index < -0.39 is 17.9 Å². The van der Waals surface area contributed by atoms with Gasteiger partial charge in [0.05, 0.1) is 0 Å². The number of rotatable bonds is 7. The van der Waals surface area contributed by atoms with E-state index in [-0.39, 0.29) is 22.5 Å². The molecule has 0 saturated carbocycles. The minimum absolute atomic E-state index is 0.0281. The molecule has 1 aliphatic rings. The van der Waals surface area contributed by atoms with E-state index in [1.54, 1.807) is 22.6 Å². The second kappa shape index (κ2) is 6.74. The van der Waals surface area contributed by atoms with Gasteiger partial charge in [-0.25, -0.2) is 0 Å². The maximum atomic E-state index is 11.9. The van der Waals surface area contributed by atoms with E-state index in [0.29, 0.717) is 12.8 Å². The van der Waals surface area contributed by atoms with Crippen molar-refractivity contribution in [3.8, 4) is 0 Å². The molecule has 18 heavy (non-hydrogen) atoms. The minimum Gasteiger partial charge on any atom is -0.328 e. The number of amides is 2. The zero-order valence-electron chi connectivity index (χ0n) is 9.60. The fraction of sp³-hybridized carbons (Fsp3) is 0.455. The Labute approximate surface area is 118 Å². The van der Waals surface area contributed by atoms with Gasteiger partial charge < -0.3 is 5.73 Å². The first-order chi connectivity index (χ1) is 8.47. The summed E-state index contributed by atoms with van der Waals surface area (Å²) in [7, 11) is 0. The maximum Gasteiger partial charge on any atom is 0.254 e. The van der Waals surface area contributed by atoms with Crippen LogP contribution in [-0.4, -0.2) is 38.9 Å². The van der Waals surface area contributed by atoms with Gasteiger partial charge in [-0.3, -0.25) is 24.1 Å². The molecule has 1 heterocycles. The summed E-state index contributed by atoms with van der Waals surface area (Å²) < 4.78 is -0.0281. The molecule has 0 fully saturated rings. The molecule has 0 spiro atoms. The molecular formula is C11H13IN2O4. The highest BCUT2D eigenvalue weighted by molar-refractivity contribution is 14.1. The van der Waals surface area contributed by atoms with Crippen LogP contribution >= 0.6 is 22.6 Å². The van der Waals surface area contributed by atoms with Crippen LogP contribution in [0.2, 0.25) is 0 Å². The minimum atomic E-state index is -0.927. The average molecular weight is 364 g/mol. The van der Waals surface area contributed by atoms with E-state index in [9.17, 15) is 19.2 Å². The molecule has 0 bridgehead atoms. The molecule has 0 saturated heterocycles. The van der Waals surface area contributed by atoms with Gasteiger partial charge in [0.2, 0.25) is 0 Å². The Balaban J connectivity index is 2.60. The lowest BCUT2D eigenvalue weighted by molar-refractivity contribution is -0.144. The van der Waals surface area contributed by atoms with Crippen LogP contribution in [0.15, 0.2) is 12.2 Å². The average Bonchev–Trinajstić information content (AvgIpc) is 2.61. The Hall–Kier alpha value is -1.09. The lowest BCUT2D eigenvalue weighted by Gasteiger charge is -2.23. The van der Waals surface area contributed by atoms with Gasteiger partial charge >= 0.3 is 0 Å². The highest BCUT2D eigenvalue weighted by atomic mass is 127. The molecule has 0 radical (unpaired) electrons. The summed E-state index contributed by atoms with van der Waals surface area (Å²) in [6, 6.07) is -0.927. The van der Waals surface area contributed by atoms with Crippen LogP contribution in [0.25, 0.3) is 0 Å². The van der Waals surface area contributed by atoms with E-state index in [2.05, 4.69) is 0 Å². The van der Waals surface area contributed by atoms with Crippen molar-refractivity contribution >= 4 is 44.0 Å². The Kier molecular flexibility index (Phi) is 5.60. The van der Waals surface area contributed by atoms with E-state index in [1.165, 1.54) is 0 Å². The summed E-state index contributed by atoms with van der Waals surface area (Å²) in [6.45, 7) is -0.101. The SMILES string of the molecule is NCC(C(=O)CCCC(=O)I)N1C(=O)C=CC1=O. The number of imide groups is 1. The third-order valence-electron chi connectivity index (χ3n) is 2.55. The van der Waals surface area contributed by atoms with Crippen molar-refractivity contribution in [3.05, 3.63) is 12.2 Å². The zero-order valence-corrected chi connectivity index (χ0v) is 11.8. The number of hydrogen-bond donors (Lipinski definition) is 1. The molecule has 1 unspecified atom stereocenters. The molecule has 98 valence electrons. The first-order valence-corrected chi connectivity index (χ1v) is 6.51. The molecular weight excluding hydrogens is 351 g/mol. The predicted octanol–water partition coefficient (Wildman–Crippen LogP) is -0.0603. The molecule has 0 aromatic rings. The molecule has 7 heteroatoms. The summed E-state index contributed by atoms with van der Waals surface area (Å²) in [5.74, 6) is -1.33. The Bertz CT molecular complexity index is 401. The Morgan fingerprint density at radius 2 is 1.78 bits per heavy atom. The van der Waals surface area contributed by atoms with Gasteiger partial charge in [0, 0.05) is 31.5 Å². The van der Waals surface area contributed by atoms with E-state index in [0.717, 1.165) is 17.1 Å². The second-order valence-electron chi connectivity index (χ2n) is 3.81. The third kappa shape index (κ3) is 3.70. The lowest BCUT2D eigenvalue weighted by atomic mass is 10.1. The first-order valence-electron chi connectivity index (χ1n) is 5.43. The van der Waals surface area contributed by atoms with Gasteiger partial charge in [-0.2, -0.15) is 0 Å². The predicted molar refractivity (Wildman–Crippen MR) is 71.7 cm³/mol. The Morgan fingerprint density at radius 1 is 1.22 bits per heavy atom. The summed E-state index contributed by atoms with van der Waals surface area (Å²) in [4.78, 5) is 46.3. The van der Waals surface area contributed by atoms with Gasteiger partial charge in [-0.15, -0.1) is 0 Å². The van der Waals surface area contributed by atoms with Gasteiger partial charge in [0.25, 0.3) is 11.8 Å². The van der Waals surface area contributed by atoms with Gasteiger partial charge in [-0.1, -0.05) is 0 Å². The number of ketones is 1. The molecule has 1 rings (SSSR count). The summed E-state index contributed by atoms with van der Waals surface area (Å²) in [5.41, 5.74) is 5.45. The lowest BCUT2D eigenvalue weighted by Crippen LogP contribution is -2.49. The molecule has 0 aliphatic carbocycles. The highest BCUT2D eigenvalue weighted by Crippen LogP contribution is 2.12. The molecule has 1 atom stereocenters. The van der Waals surface area contributed by atoms with Crippen LogP contribution < -0.4 is 5.73 Å². The van der Waals surface area contributed by atoms with Crippen LogP contribution in [0.5, 0.6) is 0 Å². The molecule has 2 amide bonds.